The molecule has 0 aliphatic carbocycles. The number of piperidine rings is 1. The normalized spacial score (nSPS) is 23.5. The molecule has 24 heavy (non-hydrogen) atoms. The van der Waals surface area contributed by atoms with Crippen molar-refractivity contribution in [2.45, 2.75) is 19.4 Å². The van der Waals surface area contributed by atoms with Crippen molar-refractivity contribution < 1.29 is 4.79 Å². The molecule has 1 atom stereocenters. The van der Waals surface area contributed by atoms with E-state index in [1.165, 1.54) is 0 Å². The third-order valence-electron chi connectivity index (χ3n) is 5.08. The van der Waals surface area contributed by atoms with Crippen LogP contribution in [0.15, 0.2) is 18.2 Å². The second-order valence-corrected chi connectivity index (χ2v) is 7.78. The van der Waals surface area contributed by atoms with Crippen LogP contribution in [-0.2, 0) is 11.3 Å². The molecule has 0 bridgehead atoms. The summed E-state index contributed by atoms with van der Waals surface area (Å²) >= 11 is 12.3. The van der Waals surface area contributed by atoms with E-state index in [1.807, 2.05) is 17.0 Å². The molecule has 2 aliphatic rings. The SMILES string of the molecule is CN1CCN(C(=O)C2CCCN(Cc3ccc(Cl)cc3Cl)C2)CC1. The molecule has 4 nitrogen and oxygen atoms in total. The van der Waals surface area contributed by atoms with E-state index in [0.29, 0.717) is 16.0 Å². The second-order valence-electron chi connectivity index (χ2n) is 6.94. The number of piperazine rings is 1. The Morgan fingerprint density at radius 1 is 1.17 bits per heavy atom. The van der Waals surface area contributed by atoms with Gasteiger partial charge < -0.3 is 9.80 Å². The Balaban J connectivity index is 1.58. The first-order valence-corrected chi connectivity index (χ1v) is 9.42. The lowest BCUT2D eigenvalue weighted by Gasteiger charge is -2.38. The van der Waals surface area contributed by atoms with E-state index in [1.54, 1.807) is 6.07 Å². The molecule has 0 saturated carbocycles. The van der Waals surface area contributed by atoms with Crippen molar-refractivity contribution >= 4 is 29.1 Å². The van der Waals surface area contributed by atoms with Gasteiger partial charge in [-0.25, -0.2) is 0 Å². The molecule has 1 amide bonds. The summed E-state index contributed by atoms with van der Waals surface area (Å²) in [7, 11) is 2.11. The highest BCUT2D eigenvalue weighted by Crippen LogP contribution is 2.25. The smallest absolute Gasteiger partial charge is 0.227 e. The van der Waals surface area contributed by atoms with E-state index in [9.17, 15) is 4.79 Å². The molecule has 132 valence electrons. The molecule has 6 heteroatoms. The third kappa shape index (κ3) is 4.42. The lowest BCUT2D eigenvalue weighted by molar-refractivity contribution is -0.139. The fourth-order valence-corrected chi connectivity index (χ4v) is 4.04. The molecule has 0 spiro atoms. The summed E-state index contributed by atoms with van der Waals surface area (Å²) in [5, 5.41) is 1.36. The van der Waals surface area contributed by atoms with Gasteiger partial charge in [0.1, 0.15) is 0 Å². The number of amides is 1. The Labute approximate surface area is 154 Å². The highest BCUT2D eigenvalue weighted by atomic mass is 35.5. The van der Waals surface area contributed by atoms with Crippen molar-refractivity contribution in [3.05, 3.63) is 33.8 Å². The molecule has 2 aliphatic heterocycles. The maximum absolute atomic E-state index is 12.8. The predicted molar refractivity (Wildman–Crippen MR) is 98.5 cm³/mol. The van der Waals surface area contributed by atoms with Crippen LogP contribution >= 0.6 is 23.2 Å². The zero-order valence-electron chi connectivity index (χ0n) is 14.2. The third-order valence-corrected chi connectivity index (χ3v) is 5.67. The van der Waals surface area contributed by atoms with Crippen LogP contribution in [0.25, 0.3) is 0 Å². The Hall–Kier alpha value is -0.810. The average Bonchev–Trinajstić information content (AvgIpc) is 2.58. The molecule has 1 aromatic rings. The number of rotatable bonds is 3. The lowest BCUT2D eigenvalue weighted by atomic mass is 9.95. The number of carbonyl (C=O) groups excluding carboxylic acids is 1. The van der Waals surface area contributed by atoms with Gasteiger partial charge in [-0.2, -0.15) is 0 Å². The minimum Gasteiger partial charge on any atom is -0.340 e. The van der Waals surface area contributed by atoms with Crippen LogP contribution in [0.5, 0.6) is 0 Å². The summed E-state index contributed by atoms with van der Waals surface area (Å²) in [4.78, 5) is 19.5. The van der Waals surface area contributed by atoms with Crippen LogP contribution in [0.4, 0.5) is 0 Å². The molecular formula is C18H25Cl2N3O. The number of halogens is 2. The van der Waals surface area contributed by atoms with Gasteiger partial charge in [0, 0.05) is 49.3 Å². The Morgan fingerprint density at radius 3 is 2.62 bits per heavy atom. The molecular weight excluding hydrogens is 345 g/mol. The number of hydrogen-bond acceptors (Lipinski definition) is 3. The summed E-state index contributed by atoms with van der Waals surface area (Å²) < 4.78 is 0. The number of likely N-dealkylation sites (tertiary alicyclic amines) is 1. The molecule has 2 heterocycles. The van der Waals surface area contributed by atoms with Gasteiger partial charge in [0.2, 0.25) is 5.91 Å². The van der Waals surface area contributed by atoms with Crippen molar-refractivity contribution in [2.24, 2.45) is 5.92 Å². The van der Waals surface area contributed by atoms with E-state index < -0.39 is 0 Å². The summed E-state index contributed by atoms with van der Waals surface area (Å²) in [5.41, 5.74) is 1.08. The van der Waals surface area contributed by atoms with E-state index in [-0.39, 0.29) is 5.92 Å². The number of likely N-dealkylation sites (N-methyl/N-ethyl adjacent to an activating group) is 1. The van der Waals surface area contributed by atoms with Crippen LogP contribution in [0, 0.1) is 5.92 Å². The first-order valence-electron chi connectivity index (χ1n) is 8.66. The van der Waals surface area contributed by atoms with Crippen LogP contribution < -0.4 is 0 Å². The number of nitrogens with zero attached hydrogens (tertiary/aromatic N) is 3. The molecule has 0 radical (unpaired) electrons. The minimum atomic E-state index is 0.119. The summed E-state index contributed by atoms with van der Waals surface area (Å²) in [5.74, 6) is 0.447. The highest BCUT2D eigenvalue weighted by molar-refractivity contribution is 6.35. The maximum Gasteiger partial charge on any atom is 0.227 e. The minimum absolute atomic E-state index is 0.119. The average molecular weight is 370 g/mol. The number of benzene rings is 1. The zero-order valence-corrected chi connectivity index (χ0v) is 15.7. The summed E-state index contributed by atoms with van der Waals surface area (Å²) in [6, 6.07) is 5.64. The molecule has 0 aromatic heterocycles. The number of carbonyl (C=O) groups is 1. The fourth-order valence-electron chi connectivity index (χ4n) is 3.58. The monoisotopic (exact) mass is 369 g/mol. The Bertz CT molecular complexity index is 588. The van der Waals surface area contributed by atoms with Gasteiger partial charge in [-0.15, -0.1) is 0 Å². The zero-order chi connectivity index (χ0) is 17.1. The van der Waals surface area contributed by atoms with E-state index in [0.717, 1.165) is 64.2 Å². The fraction of sp³-hybridized carbons (Fsp3) is 0.611. The topological polar surface area (TPSA) is 26.8 Å². The quantitative estimate of drug-likeness (QED) is 0.819. The first kappa shape index (κ1) is 18.0. The molecule has 1 aromatic carbocycles. The Morgan fingerprint density at radius 2 is 1.92 bits per heavy atom. The van der Waals surface area contributed by atoms with Gasteiger partial charge in [0.15, 0.2) is 0 Å². The van der Waals surface area contributed by atoms with Crippen molar-refractivity contribution in [2.75, 3.05) is 46.3 Å². The van der Waals surface area contributed by atoms with Crippen LogP contribution in [0.2, 0.25) is 10.0 Å². The van der Waals surface area contributed by atoms with E-state index >= 15 is 0 Å². The van der Waals surface area contributed by atoms with Crippen LogP contribution in [0.3, 0.4) is 0 Å². The van der Waals surface area contributed by atoms with Gasteiger partial charge in [-0.1, -0.05) is 29.3 Å². The first-order chi connectivity index (χ1) is 11.5. The molecule has 2 saturated heterocycles. The molecule has 2 fully saturated rings. The van der Waals surface area contributed by atoms with Crippen LogP contribution in [0.1, 0.15) is 18.4 Å². The van der Waals surface area contributed by atoms with Crippen molar-refractivity contribution in [1.82, 2.24) is 14.7 Å². The highest BCUT2D eigenvalue weighted by Gasteiger charge is 2.30. The predicted octanol–water partition coefficient (Wildman–Crippen LogP) is 2.98. The van der Waals surface area contributed by atoms with Gasteiger partial charge >= 0.3 is 0 Å². The lowest BCUT2D eigenvalue weighted by Crippen LogP contribution is -2.51. The van der Waals surface area contributed by atoms with Crippen molar-refractivity contribution in [1.29, 1.82) is 0 Å². The molecule has 3 rings (SSSR count). The van der Waals surface area contributed by atoms with Gasteiger partial charge in [-0.3, -0.25) is 9.69 Å². The van der Waals surface area contributed by atoms with Crippen molar-refractivity contribution in [3.63, 3.8) is 0 Å². The van der Waals surface area contributed by atoms with E-state index in [4.69, 9.17) is 23.2 Å². The largest absolute Gasteiger partial charge is 0.340 e. The van der Waals surface area contributed by atoms with Gasteiger partial charge in [-0.05, 0) is 44.1 Å². The summed E-state index contributed by atoms with van der Waals surface area (Å²) in [6.45, 7) is 6.28. The standard InChI is InChI=1S/C18H25Cl2N3O/c1-21-7-9-23(10-8-21)18(24)15-3-2-6-22(13-15)12-14-4-5-16(19)11-17(14)20/h4-5,11,15H,2-3,6-10,12-13H2,1H3. The second kappa shape index (κ2) is 8.05. The van der Waals surface area contributed by atoms with Gasteiger partial charge in [0.25, 0.3) is 0 Å². The molecule has 1 unspecified atom stereocenters. The maximum atomic E-state index is 12.8. The molecule has 0 N–H and O–H groups in total. The summed E-state index contributed by atoms with van der Waals surface area (Å²) in [6.07, 6.45) is 2.06. The van der Waals surface area contributed by atoms with E-state index in [2.05, 4.69) is 16.8 Å². The Kier molecular flexibility index (Phi) is 6.03. The van der Waals surface area contributed by atoms with Crippen molar-refractivity contribution in [3.8, 4) is 0 Å². The number of hydrogen-bond donors (Lipinski definition) is 0. The van der Waals surface area contributed by atoms with Crippen LogP contribution in [-0.4, -0.2) is 66.9 Å². The van der Waals surface area contributed by atoms with Gasteiger partial charge in [0.05, 0.1) is 5.92 Å².